The lowest BCUT2D eigenvalue weighted by molar-refractivity contribution is 0.242. The van der Waals surface area contributed by atoms with E-state index in [0.717, 1.165) is 23.3 Å². The molecule has 0 aliphatic rings. The van der Waals surface area contributed by atoms with Gasteiger partial charge in [-0.1, -0.05) is 34.6 Å². The Labute approximate surface area is 106 Å². The molecule has 1 aromatic rings. The third kappa shape index (κ3) is 5.33. The highest BCUT2D eigenvalue weighted by Gasteiger charge is 1.98. The van der Waals surface area contributed by atoms with E-state index in [-0.39, 0.29) is 6.10 Å². The van der Waals surface area contributed by atoms with Gasteiger partial charge in [0.1, 0.15) is 5.75 Å². The molecule has 0 atom stereocenters. The maximum absolute atomic E-state index is 5.57. The Morgan fingerprint density at radius 1 is 1.38 bits per heavy atom. The summed E-state index contributed by atoms with van der Waals surface area (Å²) < 4.78 is 6.53. The summed E-state index contributed by atoms with van der Waals surface area (Å²) in [5.74, 6) is 0.920. The third-order valence-corrected chi connectivity index (χ3v) is 2.22. The molecule has 1 rings (SSSR count). The van der Waals surface area contributed by atoms with Crippen LogP contribution in [0.2, 0.25) is 0 Å². The standard InChI is InChI=1S/C13H18BrNO/c1-10(2)16-13-6-4-12(5-7-13)9-15-8-11(3)14/h4-7,10,15H,3,8-9H2,1-2H3. The van der Waals surface area contributed by atoms with Crippen LogP contribution in [-0.2, 0) is 6.54 Å². The predicted molar refractivity (Wildman–Crippen MR) is 72.0 cm³/mol. The van der Waals surface area contributed by atoms with Crippen molar-refractivity contribution in [2.75, 3.05) is 6.54 Å². The van der Waals surface area contributed by atoms with Gasteiger partial charge in [-0.3, -0.25) is 0 Å². The predicted octanol–water partition coefficient (Wildman–Crippen LogP) is 3.47. The first-order valence-electron chi connectivity index (χ1n) is 5.37. The molecule has 1 N–H and O–H groups in total. The monoisotopic (exact) mass is 283 g/mol. The highest BCUT2D eigenvalue weighted by atomic mass is 79.9. The number of halogens is 1. The minimum absolute atomic E-state index is 0.223. The summed E-state index contributed by atoms with van der Waals surface area (Å²) in [6.45, 7) is 9.44. The van der Waals surface area contributed by atoms with Crippen molar-refractivity contribution < 1.29 is 4.74 Å². The van der Waals surface area contributed by atoms with Crippen LogP contribution >= 0.6 is 15.9 Å². The topological polar surface area (TPSA) is 21.3 Å². The summed E-state index contributed by atoms with van der Waals surface area (Å²) >= 11 is 3.31. The van der Waals surface area contributed by atoms with E-state index in [1.807, 2.05) is 26.0 Å². The molecule has 16 heavy (non-hydrogen) atoms. The van der Waals surface area contributed by atoms with Crippen molar-refractivity contribution in [2.45, 2.75) is 26.5 Å². The van der Waals surface area contributed by atoms with Gasteiger partial charge < -0.3 is 10.1 Å². The zero-order valence-electron chi connectivity index (χ0n) is 9.79. The van der Waals surface area contributed by atoms with Crippen LogP contribution in [0.25, 0.3) is 0 Å². The molecular weight excluding hydrogens is 266 g/mol. The molecule has 0 bridgehead atoms. The van der Waals surface area contributed by atoms with E-state index < -0.39 is 0 Å². The zero-order valence-corrected chi connectivity index (χ0v) is 11.4. The van der Waals surface area contributed by atoms with Gasteiger partial charge in [0.25, 0.3) is 0 Å². The fraction of sp³-hybridized carbons (Fsp3) is 0.385. The normalized spacial score (nSPS) is 10.5. The Bertz CT molecular complexity index is 332. The van der Waals surface area contributed by atoms with Gasteiger partial charge in [-0.25, -0.2) is 0 Å². The Kier molecular flexibility index (Phi) is 5.56. The van der Waals surface area contributed by atoms with Crippen molar-refractivity contribution in [1.29, 1.82) is 0 Å². The summed E-state index contributed by atoms with van der Waals surface area (Å²) in [4.78, 5) is 0. The molecule has 2 nitrogen and oxygen atoms in total. The molecule has 0 spiro atoms. The molecule has 0 unspecified atom stereocenters. The quantitative estimate of drug-likeness (QED) is 0.863. The number of rotatable bonds is 6. The number of nitrogens with one attached hydrogen (secondary N) is 1. The molecule has 0 amide bonds. The zero-order chi connectivity index (χ0) is 12.0. The average molecular weight is 284 g/mol. The second-order valence-electron chi connectivity index (χ2n) is 3.93. The summed E-state index contributed by atoms with van der Waals surface area (Å²) in [6, 6.07) is 8.14. The highest BCUT2D eigenvalue weighted by Crippen LogP contribution is 2.13. The van der Waals surface area contributed by atoms with Crippen LogP contribution in [0.1, 0.15) is 19.4 Å². The lowest BCUT2D eigenvalue weighted by Gasteiger charge is -2.10. The minimum atomic E-state index is 0.223. The molecule has 0 aromatic heterocycles. The maximum Gasteiger partial charge on any atom is 0.119 e. The molecule has 88 valence electrons. The van der Waals surface area contributed by atoms with Crippen LogP contribution in [-0.4, -0.2) is 12.6 Å². The smallest absolute Gasteiger partial charge is 0.119 e. The third-order valence-electron chi connectivity index (χ3n) is 1.94. The molecule has 0 aliphatic heterocycles. The van der Waals surface area contributed by atoms with Gasteiger partial charge in [0.15, 0.2) is 0 Å². The summed E-state index contributed by atoms with van der Waals surface area (Å²) in [7, 11) is 0. The molecular formula is C13H18BrNO. The highest BCUT2D eigenvalue weighted by molar-refractivity contribution is 9.11. The molecule has 0 aliphatic carbocycles. The first-order chi connectivity index (χ1) is 7.58. The summed E-state index contributed by atoms with van der Waals surface area (Å²) in [5.41, 5.74) is 1.24. The van der Waals surface area contributed by atoms with Crippen LogP contribution in [0.5, 0.6) is 5.75 Å². The molecule has 0 fully saturated rings. The van der Waals surface area contributed by atoms with Gasteiger partial charge in [0.05, 0.1) is 6.10 Å². The Hall–Kier alpha value is -0.800. The van der Waals surface area contributed by atoms with E-state index in [0.29, 0.717) is 0 Å². The minimum Gasteiger partial charge on any atom is -0.491 e. The molecule has 0 radical (unpaired) electrons. The molecule has 3 heteroatoms. The van der Waals surface area contributed by atoms with Crippen LogP contribution < -0.4 is 10.1 Å². The maximum atomic E-state index is 5.57. The number of benzene rings is 1. The summed E-state index contributed by atoms with van der Waals surface area (Å²) in [5, 5.41) is 3.27. The Morgan fingerprint density at radius 3 is 2.50 bits per heavy atom. The van der Waals surface area contributed by atoms with E-state index in [1.165, 1.54) is 5.56 Å². The molecule has 0 saturated carbocycles. The fourth-order valence-electron chi connectivity index (χ4n) is 1.30. The van der Waals surface area contributed by atoms with E-state index >= 15 is 0 Å². The Balaban J connectivity index is 2.42. The van der Waals surface area contributed by atoms with Crippen LogP contribution in [0, 0.1) is 0 Å². The van der Waals surface area contributed by atoms with Crippen LogP contribution in [0.4, 0.5) is 0 Å². The van der Waals surface area contributed by atoms with Crippen molar-refractivity contribution in [3.8, 4) is 5.75 Å². The molecule has 0 saturated heterocycles. The lowest BCUT2D eigenvalue weighted by Crippen LogP contribution is -2.14. The molecule has 1 aromatic carbocycles. The van der Waals surface area contributed by atoms with Gasteiger partial charge in [-0.15, -0.1) is 0 Å². The summed E-state index contributed by atoms with van der Waals surface area (Å²) in [6.07, 6.45) is 0.223. The number of hydrogen-bond acceptors (Lipinski definition) is 2. The van der Waals surface area contributed by atoms with Crippen molar-refractivity contribution in [2.24, 2.45) is 0 Å². The van der Waals surface area contributed by atoms with Crippen molar-refractivity contribution in [1.82, 2.24) is 5.32 Å². The first kappa shape index (κ1) is 13.3. The van der Waals surface area contributed by atoms with Gasteiger partial charge >= 0.3 is 0 Å². The average Bonchev–Trinajstić information content (AvgIpc) is 2.19. The lowest BCUT2D eigenvalue weighted by atomic mass is 10.2. The second kappa shape index (κ2) is 6.71. The van der Waals surface area contributed by atoms with E-state index in [4.69, 9.17) is 4.74 Å². The first-order valence-corrected chi connectivity index (χ1v) is 6.17. The van der Waals surface area contributed by atoms with Crippen molar-refractivity contribution in [3.05, 3.63) is 40.9 Å². The van der Waals surface area contributed by atoms with Crippen molar-refractivity contribution >= 4 is 15.9 Å². The van der Waals surface area contributed by atoms with E-state index in [9.17, 15) is 0 Å². The van der Waals surface area contributed by atoms with E-state index in [1.54, 1.807) is 0 Å². The number of ether oxygens (including phenoxy) is 1. The molecule has 0 heterocycles. The van der Waals surface area contributed by atoms with Crippen LogP contribution in [0.15, 0.2) is 35.3 Å². The fourth-order valence-corrected chi connectivity index (χ4v) is 1.50. The van der Waals surface area contributed by atoms with Gasteiger partial charge in [-0.2, -0.15) is 0 Å². The van der Waals surface area contributed by atoms with Crippen molar-refractivity contribution in [3.63, 3.8) is 0 Å². The van der Waals surface area contributed by atoms with Gasteiger partial charge in [0.2, 0.25) is 0 Å². The van der Waals surface area contributed by atoms with Crippen LogP contribution in [0.3, 0.4) is 0 Å². The number of hydrogen-bond donors (Lipinski definition) is 1. The second-order valence-corrected chi connectivity index (χ2v) is 5.05. The Morgan fingerprint density at radius 2 is 2.00 bits per heavy atom. The van der Waals surface area contributed by atoms with Gasteiger partial charge in [0, 0.05) is 17.6 Å². The van der Waals surface area contributed by atoms with Gasteiger partial charge in [-0.05, 0) is 31.5 Å². The van der Waals surface area contributed by atoms with E-state index in [2.05, 4.69) is 40.0 Å². The largest absolute Gasteiger partial charge is 0.491 e. The SMILES string of the molecule is C=C(Br)CNCc1ccc(OC(C)C)cc1.